The van der Waals surface area contributed by atoms with Crippen LogP contribution in [0.3, 0.4) is 0 Å². The summed E-state index contributed by atoms with van der Waals surface area (Å²) in [6, 6.07) is 0. The van der Waals surface area contributed by atoms with Crippen LogP contribution in [0.2, 0.25) is 0 Å². The monoisotopic (exact) mass is 208 g/mol. The highest BCUT2D eigenvalue weighted by Gasteiger charge is 2.39. The summed E-state index contributed by atoms with van der Waals surface area (Å²) in [5.74, 6) is -3.40. The Labute approximate surface area is 77.1 Å². The van der Waals surface area contributed by atoms with E-state index in [0.29, 0.717) is 0 Å². The molecule has 0 aliphatic carbocycles. The second-order valence-corrected chi connectivity index (χ2v) is 2.81. The highest BCUT2D eigenvalue weighted by molar-refractivity contribution is 5.86. The first-order chi connectivity index (χ1) is 6.25. The maximum atomic E-state index is 12.2. The van der Waals surface area contributed by atoms with E-state index >= 15 is 0 Å². The zero-order valence-electron chi connectivity index (χ0n) is 7.40. The van der Waals surface area contributed by atoms with Crippen molar-refractivity contribution in [3.05, 3.63) is 22.6 Å². The molecule has 1 rings (SSSR count). The minimum Gasteiger partial charge on any atom is -0.475 e. The zero-order valence-corrected chi connectivity index (χ0v) is 7.40. The van der Waals surface area contributed by atoms with Crippen LogP contribution in [0.25, 0.3) is 0 Å². The van der Waals surface area contributed by atoms with E-state index in [0.717, 1.165) is 0 Å². The maximum Gasteiger partial charge on any atom is 0.449 e. The van der Waals surface area contributed by atoms with Crippen LogP contribution >= 0.6 is 0 Å². The van der Waals surface area contributed by atoms with Crippen LogP contribution in [0.15, 0.2) is 4.42 Å². The molecular weight excluding hydrogens is 201 g/mol. The molecule has 0 aliphatic rings. The van der Waals surface area contributed by atoms with Crippen molar-refractivity contribution in [3.8, 4) is 0 Å². The molecule has 0 atom stereocenters. The Morgan fingerprint density at radius 1 is 1.29 bits per heavy atom. The summed E-state index contributed by atoms with van der Waals surface area (Å²) in [7, 11) is 0. The summed E-state index contributed by atoms with van der Waals surface area (Å²) in [6.45, 7) is 2.45. The van der Waals surface area contributed by atoms with Gasteiger partial charge >= 0.3 is 12.1 Å². The van der Waals surface area contributed by atoms with Crippen molar-refractivity contribution in [2.45, 2.75) is 20.0 Å². The Morgan fingerprint density at radius 3 is 2.00 bits per heavy atom. The molecule has 0 radical (unpaired) electrons. The molecular formula is C8H7F3O3. The van der Waals surface area contributed by atoms with Crippen LogP contribution in [0.1, 0.15) is 27.4 Å². The number of alkyl halides is 3. The second-order valence-electron chi connectivity index (χ2n) is 2.81. The van der Waals surface area contributed by atoms with E-state index in [1.807, 2.05) is 0 Å². The fourth-order valence-corrected chi connectivity index (χ4v) is 1.07. The number of hydrogen-bond acceptors (Lipinski definition) is 2. The quantitative estimate of drug-likeness (QED) is 0.771. The number of aromatic carboxylic acids is 1. The number of carbonyl (C=O) groups is 1. The third kappa shape index (κ3) is 1.59. The SMILES string of the molecule is Cc1c(C(=O)O)oc(C(F)(F)F)c1C. The van der Waals surface area contributed by atoms with Gasteiger partial charge in [0.1, 0.15) is 0 Å². The lowest BCUT2D eigenvalue weighted by molar-refractivity contribution is -0.153. The molecule has 78 valence electrons. The van der Waals surface area contributed by atoms with Gasteiger partial charge in [-0.15, -0.1) is 0 Å². The molecule has 0 aliphatic heterocycles. The summed E-state index contributed by atoms with van der Waals surface area (Å²) in [5.41, 5.74) is -0.181. The van der Waals surface area contributed by atoms with Crippen molar-refractivity contribution in [3.63, 3.8) is 0 Å². The smallest absolute Gasteiger partial charge is 0.449 e. The van der Waals surface area contributed by atoms with Crippen LogP contribution < -0.4 is 0 Å². The second kappa shape index (κ2) is 3.04. The Bertz CT molecular complexity index is 376. The van der Waals surface area contributed by atoms with Crippen LogP contribution in [-0.4, -0.2) is 11.1 Å². The van der Waals surface area contributed by atoms with E-state index in [4.69, 9.17) is 5.11 Å². The minimum absolute atomic E-state index is 0.00447. The zero-order chi connectivity index (χ0) is 11.1. The molecule has 1 N–H and O–H groups in total. The van der Waals surface area contributed by atoms with Crippen molar-refractivity contribution >= 4 is 5.97 Å². The van der Waals surface area contributed by atoms with Crippen molar-refractivity contribution in [1.82, 2.24) is 0 Å². The molecule has 14 heavy (non-hydrogen) atoms. The molecule has 0 saturated heterocycles. The molecule has 0 spiro atoms. The Hall–Kier alpha value is -1.46. The summed E-state index contributed by atoms with van der Waals surface area (Å²) in [6.07, 6.45) is -4.65. The standard InChI is InChI=1S/C8H7F3O3/c1-3-4(2)6(8(9,10)11)14-5(3)7(12)13/h1-2H3,(H,12,13). The Morgan fingerprint density at radius 2 is 1.79 bits per heavy atom. The molecule has 6 heteroatoms. The first kappa shape index (κ1) is 10.6. The third-order valence-electron chi connectivity index (χ3n) is 1.90. The van der Waals surface area contributed by atoms with Crippen LogP contribution in [0.4, 0.5) is 13.2 Å². The van der Waals surface area contributed by atoms with Crippen LogP contribution in [0.5, 0.6) is 0 Å². The van der Waals surface area contributed by atoms with Gasteiger partial charge in [-0.3, -0.25) is 0 Å². The number of carboxylic acids is 1. The predicted octanol–water partition coefficient (Wildman–Crippen LogP) is 2.61. The van der Waals surface area contributed by atoms with E-state index in [9.17, 15) is 18.0 Å². The molecule has 0 unspecified atom stereocenters. The lowest BCUT2D eigenvalue weighted by Gasteiger charge is -2.02. The molecule has 1 aromatic heterocycles. The number of carboxylic acid groups (broad SMARTS) is 1. The first-order valence-electron chi connectivity index (χ1n) is 3.65. The van der Waals surface area contributed by atoms with Gasteiger partial charge in [-0.2, -0.15) is 13.2 Å². The first-order valence-corrected chi connectivity index (χ1v) is 3.65. The van der Waals surface area contributed by atoms with Crippen molar-refractivity contribution in [2.24, 2.45) is 0 Å². The topological polar surface area (TPSA) is 50.4 Å². The fourth-order valence-electron chi connectivity index (χ4n) is 1.07. The maximum absolute atomic E-state index is 12.2. The molecule has 1 aromatic rings. The van der Waals surface area contributed by atoms with Crippen molar-refractivity contribution in [2.75, 3.05) is 0 Å². The molecule has 3 nitrogen and oxygen atoms in total. The van der Waals surface area contributed by atoms with Gasteiger partial charge in [0.2, 0.25) is 11.5 Å². The highest BCUT2D eigenvalue weighted by Crippen LogP contribution is 2.35. The van der Waals surface area contributed by atoms with Gasteiger partial charge in [0.15, 0.2) is 0 Å². The van der Waals surface area contributed by atoms with Crippen molar-refractivity contribution < 1.29 is 27.5 Å². The van der Waals surface area contributed by atoms with E-state index in [2.05, 4.69) is 4.42 Å². The van der Waals surface area contributed by atoms with Gasteiger partial charge in [-0.25, -0.2) is 4.79 Å². The highest BCUT2D eigenvalue weighted by atomic mass is 19.4. The summed E-state index contributed by atoms with van der Waals surface area (Å²) < 4.78 is 40.9. The number of furan rings is 1. The average molecular weight is 208 g/mol. The normalized spacial score (nSPS) is 11.8. The average Bonchev–Trinajstić information content (AvgIpc) is 2.28. The summed E-state index contributed by atoms with van der Waals surface area (Å²) >= 11 is 0. The van der Waals surface area contributed by atoms with Gasteiger partial charge in [-0.05, 0) is 13.8 Å². The number of halogens is 3. The fraction of sp³-hybridized carbons (Fsp3) is 0.375. The van der Waals surface area contributed by atoms with E-state index in [1.165, 1.54) is 13.8 Å². The van der Waals surface area contributed by atoms with Gasteiger partial charge < -0.3 is 9.52 Å². The van der Waals surface area contributed by atoms with E-state index in [1.54, 1.807) is 0 Å². The number of rotatable bonds is 1. The van der Waals surface area contributed by atoms with Gasteiger partial charge in [-0.1, -0.05) is 0 Å². The van der Waals surface area contributed by atoms with Crippen LogP contribution in [-0.2, 0) is 6.18 Å². The van der Waals surface area contributed by atoms with Crippen molar-refractivity contribution in [1.29, 1.82) is 0 Å². The van der Waals surface area contributed by atoms with E-state index in [-0.39, 0.29) is 11.1 Å². The molecule has 0 fully saturated rings. The molecule has 0 saturated carbocycles. The molecule has 0 aromatic carbocycles. The lowest BCUT2D eigenvalue weighted by Crippen LogP contribution is -2.04. The van der Waals surface area contributed by atoms with Gasteiger partial charge in [0, 0.05) is 11.1 Å². The van der Waals surface area contributed by atoms with Gasteiger partial charge in [0.25, 0.3) is 0 Å². The largest absolute Gasteiger partial charge is 0.475 e. The predicted molar refractivity (Wildman–Crippen MR) is 40.1 cm³/mol. The Kier molecular flexibility index (Phi) is 2.31. The summed E-state index contributed by atoms with van der Waals surface area (Å²) in [5, 5.41) is 8.51. The van der Waals surface area contributed by atoms with Gasteiger partial charge in [0.05, 0.1) is 0 Å². The lowest BCUT2D eigenvalue weighted by atomic mass is 10.1. The third-order valence-corrected chi connectivity index (χ3v) is 1.90. The molecule has 0 bridgehead atoms. The molecule has 1 heterocycles. The number of hydrogen-bond donors (Lipinski definition) is 1. The minimum atomic E-state index is -4.65. The summed E-state index contributed by atoms with van der Waals surface area (Å²) in [4.78, 5) is 10.5. The van der Waals surface area contributed by atoms with E-state index < -0.39 is 23.7 Å². The van der Waals surface area contributed by atoms with Crippen LogP contribution in [0, 0.1) is 13.8 Å². The molecule has 0 amide bonds. The Balaban J connectivity index is 3.37.